The monoisotopic (exact) mass is 363 g/mol. The Morgan fingerprint density at radius 3 is 2.33 bits per heavy atom. The first-order valence-corrected chi connectivity index (χ1v) is 9.47. The predicted octanol–water partition coefficient (Wildman–Crippen LogP) is 3.76. The van der Waals surface area contributed by atoms with Crippen LogP contribution in [0.25, 0.3) is 0 Å². The molecular weight excluding hydrogens is 337 g/mol. The van der Waals surface area contributed by atoms with E-state index in [1.54, 1.807) is 0 Å². The Hall–Kier alpha value is -2.11. The summed E-state index contributed by atoms with van der Waals surface area (Å²) >= 11 is 0. The highest BCUT2D eigenvalue weighted by Crippen LogP contribution is 2.37. The van der Waals surface area contributed by atoms with Crippen LogP contribution >= 0.6 is 0 Å². The van der Waals surface area contributed by atoms with Gasteiger partial charge in [0, 0.05) is 11.3 Å². The zero-order valence-corrected chi connectivity index (χ0v) is 16.9. The number of hydrogen-bond acceptors (Lipinski definition) is 3. The molecule has 0 aromatic heterocycles. The van der Waals surface area contributed by atoms with Gasteiger partial charge >= 0.3 is 7.12 Å². The van der Waals surface area contributed by atoms with Gasteiger partial charge in [0.2, 0.25) is 0 Å². The number of aryl methyl sites for hydroxylation is 1. The van der Waals surface area contributed by atoms with E-state index < -0.39 is 18.3 Å². The van der Waals surface area contributed by atoms with E-state index in [1.165, 1.54) is 0 Å². The number of anilines is 1. The van der Waals surface area contributed by atoms with Crippen LogP contribution < -0.4 is 10.4 Å². The van der Waals surface area contributed by atoms with Gasteiger partial charge in [-0.15, -0.1) is 0 Å². The maximum atomic E-state index is 13.0. The SMILES string of the molecule is Cc1ccc2c(c1)C(=O)N(c1cccc(B3OC(C)(C)C(C)(C)O3)c1C)C2. The van der Waals surface area contributed by atoms with Crippen LogP contribution in [0.3, 0.4) is 0 Å². The fourth-order valence-electron chi connectivity index (χ4n) is 3.77. The number of amides is 1. The van der Waals surface area contributed by atoms with Crippen LogP contribution in [0.4, 0.5) is 5.69 Å². The Bertz CT molecular complexity index is 919. The van der Waals surface area contributed by atoms with Gasteiger partial charge in [0.1, 0.15) is 0 Å². The lowest BCUT2D eigenvalue weighted by Gasteiger charge is -2.32. The maximum Gasteiger partial charge on any atom is 0.495 e. The van der Waals surface area contributed by atoms with Gasteiger partial charge < -0.3 is 14.2 Å². The Balaban J connectivity index is 1.69. The lowest BCUT2D eigenvalue weighted by molar-refractivity contribution is 0.00578. The molecular formula is C22H26BNO3. The van der Waals surface area contributed by atoms with Crippen molar-refractivity contribution in [1.82, 2.24) is 0 Å². The van der Waals surface area contributed by atoms with Gasteiger partial charge in [-0.1, -0.05) is 29.8 Å². The van der Waals surface area contributed by atoms with Crippen LogP contribution in [-0.2, 0) is 15.9 Å². The first kappa shape index (κ1) is 18.3. The molecule has 1 fully saturated rings. The second kappa shape index (κ2) is 5.95. The summed E-state index contributed by atoms with van der Waals surface area (Å²) < 4.78 is 12.5. The summed E-state index contributed by atoms with van der Waals surface area (Å²) in [6, 6.07) is 12.1. The molecule has 0 spiro atoms. The van der Waals surface area contributed by atoms with Gasteiger partial charge in [0.25, 0.3) is 5.91 Å². The molecule has 2 heterocycles. The van der Waals surface area contributed by atoms with Crippen LogP contribution in [-0.4, -0.2) is 24.2 Å². The minimum atomic E-state index is -0.433. The third-order valence-electron chi connectivity index (χ3n) is 6.21. The summed E-state index contributed by atoms with van der Waals surface area (Å²) in [5.74, 6) is 0.0582. The number of fused-ring (bicyclic) bond motifs is 1. The van der Waals surface area contributed by atoms with Gasteiger partial charge in [-0.05, 0) is 70.3 Å². The normalized spacial score (nSPS) is 20.3. The van der Waals surface area contributed by atoms with Gasteiger partial charge in [-0.2, -0.15) is 0 Å². The highest BCUT2D eigenvalue weighted by atomic mass is 16.7. The molecule has 0 N–H and O–H groups in total. The molecule has 2 aromatic rings. The third kappa shape index (κ3) is 2.81. The molecule has 5 heteroatoms. The molecule has 0 unspecified atom stereocenters. The average Bonchev–Trinajstić information content (AvgIpc) is 3.01. The van der Waals surface area contributed by atoms with Gasteiger partial charge in [0.05, 0.1) is 17.7 Å². The summed E-state index contributed by atoms with van der Waals surface area (Å²) in [7, 11) is -0.433. The van der Waals surface area contributed by atoms with Crippen molar-refractivity contribution in [3.8, 4) is 0 Å². The second-order valence-electron chi connectivity index (χ2n) is 8.63. The fraction of sp³-hybridized carbons (Fsp3) is 0.409. The molecule has 0 radical (unpaired) electrons. The Morgan fingerprint density at radius 1 is 1.00 bits per heavy atom. The standard InChI is InChI=1S/C22H26BNO3/c1-14-10-11-16-13-24(20(25)17(16)12-14)19-9-7-8-18(15(19)2)23-26-21(3,4)22(5,6)27-23/h7-12H,13H2,1-6H3. The molecule has 2 aromatic carbocycles. The van der Waals surface area contributed by atoms with Crippen LogP contribution in [0, 0.1) is 13.8 Å². The van der Waals surface area contributed by atoms with E-state index in [0.29, 0.717) is 6.54 Å². The maximum absolute atomic E-state index is 13.0. The van der Waals surface area contributed by atoms with Gasteiger partial charge in [-0.3, -0.25) is 4.79 Å². The van der Waals surface area contributed by atoms with Crippen LogP contribution in [0.1, 0.15) is 54.7 Å². The van der Waals surface area contributed by atoms with Crippen molar-refractivity contribution < 1.29 is 14.1 Å². The van der Waals surface area contributed by atoms with Crippen LogP contribution in [0.2, 0.25) is 0 Å². The molecule has 140 valence electrons. The molecule has 4 rings (SSSR count). The molecule has 0 bridgehead atoms. The van der Waals surface area contributed by atoms with Crippen molar-refractivity contribution in [2.75, 3.05) is 4.90 Å². The molecule has 0 aliphatic carbocycles. The molecule has 0 saturated carbocycles. The molecule has 1 amide bonds. The fourth-order valence-corrected chi connectivity index (χ4v) is 3.77. The van der Waals surface area contributed by atoms with E-state index in [9.17, 15) is 4.79 Å². The highest BCUT2D eigenvalue weighted by molar-refractivity contribution is 6.62. The van der Waals surface area contributed by atoms with Crippen molar-refractivity contribution in [1.29, 1.82) is 0 Å². The van der Waals surface area contributed by atoms with E-state index in [4.69, 9.17) is 9.31 Å². The minimum Gasteiger partial charge on any atom is -0.399 e. The van der Waals surface area contributed by atoms with E-state index in [0.717, 1.165) is 33.4 Å². The highest BCUT2D eigenvalue weighted by Gasteiger charge is 2.52. The van der Waals surface area contributed by atoms with E-state index in [-0.39, 0.29) is 5.91 Å². The number of carbonyl (C=O) groups excluding carboxylic acids is 1. The Labute approximate surface area is 161 Å². The summed E-state index contributed by atoms with van der Waals surface area (Å²) in [6.07, 6.45) is 0. The van der Waals surface area contributed by atoms with Crippen molar-refractivity contribution in [3.63, 3.8) is 0 Å². The lowest BCUT2D eigenvalue weighted by atomic mass is 9.75. The summed E-state index contributed by atoms with van der Waals surface area (Å²) in [5, 5.41) is 0. The van der Waals surface area contributed by atoms with Crippen molar-refractivity contribution in [3.05, 3.63) is 58.7 Å². The summed E-state index contributed by atoms with van der Waals surface area (Å²) in [5.41, 5.74) is 5.11. The van der Waals surface area contributed by atoms with E-state index >= 15 is 0 Å². The summed E-state index contributed by atoms with van der Waals surface area (Å²) in [6.45, 7) is 12.9. The van der Waals surface area contributed by atoms with E-state index in [1.807, 2.05) is 43.0 Å². The van der Waals surface area contributed by atoms with E-state index in [2.05, 4.69) is 39.8 Å². The van der Waals surface area contributed by atoms with Gasteiger partial charge in [-0.25, -0.2) is 0 Å². The number of hydrogen-bond donors (Lipinski definition) is 0. The number of rotatable bonds is 2. The molecule has 1 saturated heterocycles. The zero-order valence-electron chi connectivity index (χ0n) is 16.9. The molecule has 2 aliphatic rings. The Morgan fingerprint density at radius 2 is 1.67 bits per heavy atom. The second-order valence-corrected chi connectivity index (χ2v) is 8.63. The average molecular weight is 363 g/mol. The minimum absolute atomic E-state index is 0.0582. The lowest BCUT2D eigenvalue weighted by Crippen LogP contribution is -2.41. The first-order valence-electron chi connectivity index (χ1n) is 9.47. The summed E-state index contributed by atoms with van der Waals surface area (Å²) in [4.78, 5) is 14.9. The van der Waals surface area contributed by atoms with Crippen molar-refractivity contribution in [2.24, 2.45) is 0 Å². The van der Waals surface area contributed by atoms with Crippen LogP contribution in [0.5, 0.6) is 0 Å². The van der Waals surface area contributed by atoms with Crippen molar-refractivity contribution >= 4 is 24.2 Å². The molecule has 4 nitrogen and oxygen atoms in total. The molecule has 0 atom stereocenters. The number of nitrogens with zero attached hydrogens (tertiary/aromatic N) is 1. The van der Waals surface area contributed by atoms with Crippen molar-refractivity contribution in [2.45, 2.75) is 59.3 Å². The number of carbonyl (C=O) groups is 1. The number of benzene rings is 2. The molecule has 2 aliphatic heterocycles. The topological polar surface area (TPSA) is 38.8 Å². The smallest absolute Gasteiger partial charge is 0.399 e. The van der Waals surface area contributed by atoms with Crippen LogP contribution in [0.15, 0.2) is 36.4 Å². The molecule has 27 heavy (non-hydrogen) atoms. The first-order chi connectivity index (χ1) is 12.6. The Kier molecular flexibility index (Phi) is 4.02. The largest absolute Gasteiger partial charge is 0.495 e. The predicted molar refractivity (Wildman–Crippen MR) is 109 cm³/mol. The quantitative estimate of drug-likeness (QED) is 0.763. The zero-order chi connectivity index (χ0) is 19.6. The van der Waals surface area contributed by atoms with Gasteiger partial charge in [0.15, 0.2) is 0 Å². The third-order valence-corrected chi connectivity index (χ3v) is 6.21.